The average molecular weight is 803 g/mol. The van der Waals surface area contributed by atoms with Gasteiger partial charge in [-0.3, -0.25) is 4.57 Å². The number of rotatable bonds is 39. The zero-order valence-corrected chi connectivity index (χ0v) is 40.4. The Labute approximate surface area is 345 Å². The van der Waals surface area contributed by atoms with Gasteiger partial charge in [-0.25, -0.2) is 0 Å². The number of hydrogen-bond acceptors (Lipinski definition) is 4. The monoisotopic (exact) mass is 803 g/mol. The standard InChI is InChI=1S/C48H100NO5P/c1-40(2)20-14-22-42(5)24-16-26-44(7)28-18-30-46(9)32-35-52-38-48(39-55(50,51)54-37-34-49(11,12)13)53-36-33-47(10)31-19-29-45(8)27-17-25-43(6)23-15-21-41(3)4/h40-48H,14-39H2,1-13H3/p+1/t42-,43-,44-,45-,46-,47-,48?/m1/s1. The van der Waals surface area contributed by atoms with E-state index in [2.05, 4.69) is 90.4 Å². The molecule has 0 aromatic heterocycles. The van der Waals surface area contributed by atoms with E-state index in [1.54, 1.807) is 0 Å². The van der Waals surface area contributed by atoms with E-state index in [9.17, 15) is 9.46 Å². The minimum Gasteiger partial charge on any atom is -0.379 e. The molecular formula is C48H101NO5P+. The number of likely N-dealkylation sites (N-methyl/N-ethyl adjacent to an activating group) is 1. The maximum Gasteiger partial charge on any atom is 0.331 e. The second kappa shape index (κ2) is 32.8. The summed E-state index contributed by atoms with van der Waals surface area (Å²) in [5, 5.41) is 0. The first-order valence-corrected chi connectivity index (χ1v) is 25.5. The van der Waals surface area contributed by atoms with Crippen LogP contribution in [0, 0.1) is 47.3 Å². The minimum atomic E-state index is -3.78. The van der Waals surface area contributed by atoms with Crippen LogP contribution >= 0.6 is 7.60 Å². The molecule has 0 aliphatic rings. The summed E-state index contributed by atoms with van der Waals surface area (Å²) in [5.41, 5.74) is 0. The van der Waals surface area contributed by atoms with Crippen LogP contribution in [0.2, 0.25) is 0 Å². The SMILES string of the molecule is CC(C)CCC[C@@H](C)CCC[C@@H](C)CCC[C@@H](C)CCOCC(CP(=O)(O)OCC[N+](C)(C)C)OCC[C@H](C)CCC[C@H](C)CCC[C@H](C)CCCC(C)C. The summed E-state index contributed by atoms with van der Waals surface area (Å²) in [7, 11) is 2.40. The summed E-state index contributed by atoms with van der Waals surface area (Å²) < 4.78 is 31.7. The zero-order chi connectivity index (χ0) is 41.7. The normalized spacial score (nSPS) is 17.6. The first-order valence-electron chi connectivity index (χ1n) is 23.7. The molecule has 0 spiro atoms. The fourth-order valence-corrected chi connectivity index (χ4v) is 8.93. The Morgan fingerprint density at radius 3 is 1.15 bits per heavy atom. The van der Waals surface area contributed by atoms with Crippen molar-refractivity contribution >= 4 is 7.60 Å². The molecule has 7 heteroatoms. The van der Waals surface area contributed by atoms with Crippen molar-refractivity contribution in [1.82, 2.24) is 0 Å². The van der Waals surface area contributed by atoms with Crippen LogP contribution in [0.5, 0.6) is 0 Å². The van der Waals surface area contributed by atoms with E-state index in [4.69, 9.17) is 14.0 Å². The van der Waals surface area contributed by atoms with Gasteiger partial charge in [-0.2, -0.15) is 0 Å². The molecular weight excluding hydrogens is 702 g/mol. The lowest BCUT2D eigenvalue weighted by Crippen LogP contribution is -2.37. The molecule has 0 aromatic rings. The Morgan fingerprint density at radius 2 is 0.800 bits per heavy atom. The smallest absolute Gasteiger partial charge is 0.331 e. The molecule has 0 fully saturated rings. The van der Waals surface area contributed by atoms with Crippen molar-refractivity contribution in [3.8, 4) is 0 Å². The van der Waals surface area contributed by atoms with Crippen molar-refractivity contribution in [3.05, 3.63) is 0 Å². The quantitative estimate of drug-likeness (QED) is 0.0381. The molecule has 6 nitrogen and oxygen atoms in total. The van der Waals surface area contributed by atoms with E-state index in [-0.39, 0.29) is 12.8 Å². The number of nitrogens with zero attached hydrogens (tertiary/aromatic N) is 1. The van der Waals surface area contributed by atoms with Crippen molar-refractivity contribution < 1.29 is 27.9 Å². The first-order chi connectivity index (χ1) is 25.8. The zero-order valence-electron chi connectivity index (χ0n) is 39.6. The summed E-state index contributed by atoms with van der Waals surface area (Å²) in [6, 6.07) is 0. The Hall–Kier alpha value is 0.0300. The number of ether oxygens (including phenoxy) is 2. The van der Waals surface area contributed by atoms with Gasteiger partial charge in [-0.1, -0.05) is 185 Å². The van der Waals surface area contributed by atoms with Crippen molar-refractivity contribution in [3.63, 3.8) is 0 Å². The molecule has 1 N–H and O–H groups in total. The van der Waals surface area contributed by atoms with Crippen molar-refractivity contribution in [2.45, 2.75) is 204 Å². The summed E-state index contributed by atoms with van der Waals surface area (Å²) in [6.07, 6.45) is 25.6. The van der Waals surface area contributed by atoms with Gasteiger partial charge >= 0.3 is 7.60 Å². The number of quaternary nitrogens is 1. The highest BCUT2D eigenvalue weighted by Crippen LogP contribution is 2.43. The average Bonchev–Trinajstić information content (AvgIpc) is 3.05. The van der Waals surface area contributed by atoms with Gasteiger partial charge in [0.2, 0.25) is 0 Å². The molecule has 55 heavy (non-hydrogen) atoms. The molecule has 0 rings (SSSR count). The molecule has 2 unspecified atom stereocenters. The van der Waals surface area contributed by atoms with Crippen LogP contribution < -0.4 is 0 Å². The molecule has 0 aromatic carbocycles. The van der Waals surface area contributed by atoms with Crippen LogP contribution in [0.3, 0.4) is 0 Å². The Morgan fingerprint density at radius 1 is 0.473 bits per heavy atom. The molecule has 8 atom stereocenters. The summed E-state index contributed by atoms with van der Waals surface area (Å²) in [5.74, 6) is 6.17. The largest absolute Gasteiger partial charge is 0.379 e. The maximum atomic E-state index is 13.1. The molecule has 332 valence electrons. The van der Waals surface area contributed by atoms with E-state index >= 15 is 0 Å². The van der Waals surface area contributed by atoms with Crippen molar-refractivity contribution in [1.29, 1.82) is 0 Å². The maximum absolute atomic E-state index is 13.1. The highest BCUT2D eigenvalue weighted by molar-refractivity contribution is 7.52. The van der Waals surface area contributed by atoms with Crippen LogP contribution in [0.15, 0.2) is 0 Å². The Kier molecular flexibility index (Phi) is 32.8. The minimum absolute atomic E-state index is 0.0173. The lowest BCUT2D eigenvalue weighted by atomic mass is 9.91. The molecule has 0 radical (unpaired) electrons. The second-order valence-corrected chi connectivity index (χ2v) is 22.7. The molecule has 0 aliphatic carbocycles. The van der Waals surface area contributed by atoms with Gasteiger partial charge in [-0.05, 0) is 60.2 Å². The fraction of sp³-hybridized carbons (Fsp3) is 1.00. The van der Waals surface area contributed by atoms with E-state index < -0.39 is 13.7 Å². The molecule has 0 saturated heterocycles. The molecule has 0 heterocycles. The predicted molar refractivity (Wildman–Crippen MR) is 241 cm³/mol. The fourth-order valence-electron chi connectivity index (χ4n) is 7.73. The summed E-state index contributed by atoms with van der Waals surface area (Å²) in [6.45, 7) is 26.2. The van der Waals surface area contributed by atoms with E-state index in [1.807, 2.05) is 0 Å². The first kappa shape index (κ1) is 55.0. The third-order valence-corrected chi connectivity index (χ3v) is 13.5. The van der Waals surface area contributed by atoms with Crippen LogP contribution in [0.25, 0.3) is 0 Å². The van der Waals surface area contributed by atoms with E-state index in [0.29, 0.717) is 42.7 Å². The topological polar surface area (TPSA) is 65.0 Å². The van der Waals surface area contributed by atoms with Gasteiger partial charge in [-0.15, -0.1) is 0 Å². The lowest BCUT2D eigenvalue weighted by Gasteiger charge is -2.25. The summed E-state index contributed by atoms with van der Waals surface area (Å²) in [4.78, 5) is 10.7. The van der Waals surface area contributed by atoms with Crippen LogP contribution in [0.1, 0.15) is 198 Å². The van der Waals surface area contributed by atoms with Crippen LogP contribution in [0.4, 0.5) is 0 Å². The van der Waals surface area contributed by atoms with E-state index in [1.165, 1.54) is 116 Å². The van der Waals surface area contributed by atoms with Crippen LogP contribution in [-0.4, -0.2) is 75.8 Å². The highest BCUT2D eigenvalue weighted by atomic mass is 31.2. The molecule has 0 aliphatic heterocycles. The molecule has 0 saturated carbocycles. The second-order valence-electron chi connectivity index (χ2n) is 20.8. The lowest BCUT2D eigenvalue weighted by molar-refractivity contribution is -0.870. The Balaban J connectivity index is 4.53. The van der Waals surface area contributed by atoms with Gasteiger partial charge in [0, 0.05) is 13.2 Å². The van der Waals surface area contributed by atoms with Gasteiger partial charge in [0.1, 0.15) is 13.2 Å². The van der Waals surface area contributed by atoms with Crippen molar-refractivity contribution in [2.24, 2.45) is 47.3 Å². The third kappa shape index (κ3) is 38.0. The van der Waals surface area contributed by atoms with E-state index in [0.717, 1.165) is 48.3 Å². The summed E-state index contributed by atoms with van der Waals surface area (Å²) >= 11 is 0. The van der Waals surface area contributed by atoms with Crippen LogP contribution in [-0.2, 0) is 18.6 Å². The van der Waals surface area contributed by atoms with Gasteiger partial charge in [0.15, 0.2) is 0 Å². The van der Waals surface area contributed by atoms with Crippen molar-refractivity contribution in [2.75, 3.05) is 60.3 Å². The third-order valence-electron chi connectivity index (χ3n) is 12.0. The van der Waals surface area contributed by atoms with Gasteiger partial charge in [0.25, 0.3) is 0 Å². The Bertz CT molecular complexity index is 907. The predicted octanol–water partition coefficient (Wildman–Crippen LogP) is 14.2. The van der Waals surface area contributed by atoms with Gasteiger partial charge in [0.05, 0.1) is 40.0 Å². The molecule has 0 amide bonds. The molecule has 0 bridgehead atoms. The highest BCUT2D eigenvalue weighted by Gasteiger charge is 2.27. The van der Waals surface area contributed by atoms with Gasteiger partial charge < -0.3 is 23.4 Å². The number of hydrogen-bond donors (Lipinski definition) is 1.